The van der Waals surface area contributed by atoms with Gasteiger partial charge in [-0.1, -0.05) is 61.2 Å². The number of anilines is 2. The van der Waals surface area contributed by atoms with Crippen LogP contribution >= 0.6 is 11.6 Å². The first kappa shape index (κ1) is 28.0. The van der Waals surface area contributed by atoms with Gasteiger partial charge in [-0.05, 0) is 42.7 Å². The normalized spacial score (nSPS) is 14.2. The van der Waals surface area contributed by atoms with Crippen molar-refractivity contribution in [1.82, 2.24) is 15.3 Å². The van der Waals surface area contributed by atoms with Crippen LogP contribution in [0.1, 0.15) is 59.5 Å². The first-order valence-corrected chi connectivity index (χ1v) is 13.5. The third-order valence-electron chi connectivity index (χ3n) is 6.82. The highest BCUT2D eigenvalue weighted by Gasteiger charge is 2.25. The fourth-order valence-electron chi connectivity index (χ4n) is 4.64. The molecule has 204 valence electrons. The van der Waals surface area contributed by atoms with E-state index in [0.717, 1.165) is 36.8 Å². The molecule has 2 aromatic carbocycles. The monoisotopic (exact) mass is 549 g/mol. The maximum absolute atomic E-state index is 13.0. The second kappa shape index (κ2) is 13.7. The molecule has 10 heteroatoms. The first-order valence-electron chi connectivity index (χ1n) is 13.1. The van der Waals surface area contributed by atoms with E-state index in [9.17, 15) is 9.59 Å². The molecule has 3 aromatic rings. The summed E-state index contributed by atoms with van der Waals surface area (Å²) in [7, 11) is 1.27. The molecule has 5 N–H and O–H groups in total. The Hall–Kier alpha value is -3.98. The summed E-state index contributed by atoms with van der Waals surface area (Å²) >= 11 is 6.09. The topological polar surface area (TPSA) is 131 Å². The van der Waals surface area contributed by atoms with E-state index in [1.807, 2.05) is 42.5 Å². The van der Waals surface area contributed by atoms with Gasteiger partial charge in [-0.2, -0.15) is 4.98 Å². The number of methoxy groups -OCH3 is 1. The van der Waals surface area contributed by atoms with Crippen molar-refractivity contribution in [2.75, 3.05) is 30.8 Å². The minimum Gasteiger partial charge on any atom is -0.468 e. The second-order valence-corrected chi connectivity index (χ2v) is 9.94. The number of amides is 1. The minimum absolute atomic E-state index is 0.213. The number of carbonyl (C=O) groups excluding carboxylic acids is 2. The molecule has 1 amide bonds. The molecule has 0 spiro atoms. The number of hydrogen-bond acceptors (Lipinski definition) is 7. The molecule has 1 unspecified atom stereocenters. The molecule has 0 radical (unpaired) electrons. The molecule has 1 fully saturated rings. The third-order valence-corrected chi connectivity index (χ3v) is 7.07. The van der Waals surface area contributed by atoms with Crippen LogP contribution in [0.25, 0.3) is 0 Å². The Bertz CT molecular complexity index is 1280. The Kier molecular flexibility index (Phi) is 9.85. The number of halogens is 1. The van der Waals surface area contributed by atoms with Gasteiger partial charge in [0.1, 0.15) is 17.9 Å². The van der Waals surface area contributed by atoms with E-state index in [-0.39, 0.29) is 24.1 Å². The summed E-state index contributed by atoms with van der Waals surface area (Å²) in [5.74, 6) is -0.486. The lowest BCUT2D eigenvalue weighted by Crippen LogP contribution is -2.46. The van der Waals surface area contributed by atoms with Crippen molar-refractivity contribution in [2.45, 2.75) is 44.1 Å². The number of ether oxygens (including phenoxy) is 1. The molecule has 1 atom stereocenters. The maximum atomic E-state index is 13.0. The average Bonchev–Trinajstić information content (AvgIpc) is 2.97. The Morgan fingerprint density at radius 2 is 1.79 bits per heavy atom. The number of carbonyl (C=O) groups is 2. The van der Waals surface area contributed by atoms with Gasteiger partial charge >= 0.3 is 5.97 Å². The number of benzene rings is 2. The summed E-state index contributed by atoms with van der Waals surface area (Å²) in [5, 5.41) is 16.6. The molecule has 9 nitrogen and oxygen atoms in total. The molecule has 1 saturated carbocycles. The number of aromatic nitrogens is 2. The van der Waals surface area contributed by atoms with Crippen molar-refractivity contribution >= 4 is 41.0 Å². The van der Waals surface area contributed by atoms with E-state index in [2.05, 4.69) is 30.7 Å². The Labute approximate surface area is 233 Å². The number of esters is 1. The van der Waals surface area contributed by atoms with Crippen LogP contribution in [0.5, 0.6) is 0 Å². The van der Waals surface area contributed by atoms with Gasteiger partial charge in [-0.3, -0.25) is 15.0 Å². The van der Waals surface area contributed by atoms with Crippen LogP contribution in [-0.2, 0) is 9.53 Å². The lowest BCUT2D eigenvalue weighted by atomic mass is 9.90. The van der Waals surface area contributed by atoms with Gasteiger partial charge in [0.2, 0.25) is 5.95 Å². The highest BCUT2D eigenvalue weighted by atomic mass is 35.5. The first-order chi connectivity index (χ1) is 18.9. The van der Waals surface area contributed by atoms with Gasteiger partial charge in [-0.15, -0.1) is 0 Å². The summed E-state index contributed by atoms with van der Waals surface area (Å²) in [6.07, 6.45) is 7.13. The molecule has 0 aliphatic heterocycles. The van der Waals surface area contributed by atoms with Crippen LogP contribution in [0.4, 0.5) is 11.8 Å². The molecule has 1 aliphatic rings. The molecule has 1 heterocycles. The minimum atomic E-state index is -0.552. The van der Waals surface area contributed by atoms with Gasteiger partial charge in [-0.25, -0.2) is 4.98 Å². The molecular formula is C29H34ClN6O3+. The Morgan fingerprint density at radius 3 is 2.49 bits per heavy atom. The number of rotatable bonds is 11. The van der Waals surface area contributed by atoms with Crippen LogP contribution in [0.2, 0.25) is 5.02 Å². The molecule has 39 heavy (non-hydrogen) atoms. The van der Waals surface area contributed by atoms with Crippen LogP contribution in [-0.4, -0.2) is 53.8 Å². The van der Waals surface area contributed by atoms with Crippen LogP contribution in [0, 0.1) is 0 Å². The Balaban J connectivity index is 1.60. The zero-order chi connectivity index (χ0) is 27.6. The average molecular weight is 550 g/mol. The molecule has 1 aliphatic carbocycles. The van der Waals surface area contributed by atoms with Crippen LogP contribution in [0.15, 0.2) is 60.8 Å². The quantitative estimate of drug-likeness (QED) is 0.213. The van der Waals surface area contributed by atoms with Crippen LogP contribution in [0.3, 0.4) is 0 Å². The maximum Gasteiger partial charge on any atom is 0.325 e. The predicted octanol–water partition coefficient (Wildman–Crippen LogP) is 3.22. The van der Waals surface area contributed by atoms with Crippen molar-refractivity contribution in [3.05, 3.63) is 82.5 Å². The van der Waals surface area contributed by atoms with Gasteiger partial charge in [0.05, 0.1) is 13.0 Å². The van der Waals surface area contributed by atoms with E-state index in [4.69, 9.17) is 17.0 Å². The van der Waals surface area contributed by atoms with Crippen LogP contribution < -0.4 is 21.4 Å². The standard InChI is InChI=1S/C29H33ClN6O3/c1-39-25(37)18-33-28(38)24-17-34-29(35-22-10-6-3-7-11-22)36-27(24)32-16-23(19-8-4-2-5-9-19)26(31)20-12-14-21(30)15-13-20/h2,4-5,8-9,12-15,17,22-23,31H,3,6-7,10-11,16,18H2,1H3,(H,33,38)(H2,32,34,35,36)/p+1. The molecule has 0 saturated heterocycles. The second-order valence-electron chi connectivity index (χ2n) is 9.50. The largest absolute Gasteiger partial charge is 0.468 e. The highest BCUT2D eigenvalue weighted by molar-refractivity contribution is 6.30. The summed E-state index contributed by atoms with van der Waals surface area (Å²) < 4.78 is 4.64. The number of hydrogen-bond donors (Lipinski definition) is 4. The van der Waals surface area contributed by atoms with Gasteiger partial charge in [0.25, 0.3) is 5.91 Å². The summed E-state index contributed by atoms with van der Waals surface area (Å²) in [6, 6.07) is 17.5. The smallest absolute Gasteiger partial charge is 0.325 e. The van der Waals surface area contributed by atoms with Crippen molar-refractivity contribution in [3.8, 4) is 0 Å². The third kappa shape index (κ3) is 7.77. The summed E-state index contributed by atoms with van der Waals surface area (Å²) in [6.45, 7) is 0.0937. The van der Waals surface area contributed by atoms with Crippen molar-refractivity contribution < 1.29 is 19.7 Å². The summed E-state index contributed by atoms with van der Waals surface area (Å²) in [5.41, 5.74) is 2.72. The lowest BCUT2D eigenvalue weighted by molar-refractivity contribution is -0.139. The number of nitrogens with two attached hydrogens (primary N) is 1. The molecule has 4 rings (SSSR count). The molecular weight excluding hydrogens is 516 g/mol. The zero-order valence-corrected chi connectivity index (χ0v) is 22.7. The lowest BCUT2D eigenvalue weighted by Gasteiger charge is -2.23. The van der Waals surface area contributed by atoms with E-state index in [1.54, 1.807) is 12.1 Å². The van der Waals surface area contributed by atoms with Crippen molar-refractivity contribution in [1.29, 1.82) is 0 Å². The molecule has 0 bridgehead atoms. The van der Waals surface area contributed by atoms with Gasteiger partial charge in [0, 0.05) is 29.4 Å². The van der Waals surface area contributed by atoms with Gasteiger partial charge in [0.15, 0.2) is 5.71 Å². The fraction of sp³-hybridized carbons (Fsp3) is 0.345. The Morgan fingerprint density at radius 1 is 1.08 bits per heavy atom. The zero-order valence-electron chi connectivity index (χ0n) is 22.0. The SMILES string of the molecule is COC(=O)CNC(=O)c1cnc(NC2CCCCC2)nc1NCC(C(=[NH2+])c1ccc(Cl)cc1)c1ccccc1. The van der Waals surface area contributed by atoms with Crippen molar-refractivity contribution in [3.63, 3.8) is 0 Å². The van der Waals surface area contributed by atoms with E-state index < -0.39 is 11.9 Å². The number of nitrogens with one attached hydrogen (secondary N) is 3. The van der Waals surface area contributed by atoms with E-state index >= 15 is 0 Å². The van der Waals surface area contributed by atoms with Gasteiger partial charge < -0.3 is 20.7 Å². The predicted molar refractivity (Wildman–Crippen MR) is 152 cm³/mol. The molecule has 1 aromatic heterocycles. The van der Waals surface area contributed by atoms with E-state index in [1.165, 1.54) is 19.7 Å². The summed E-state index contributed by atoms with van der Waals surface area (Å²) in [4.78, 5) is 33.6. The fourth-order valence-corrected chi connectivity index (χ4v) is 4.76. The van der Waals surface area contributed by atoms with Crippen molar-refractivity contribution in [2.24, 2.45) is 0 Å². The number of nitrogens with zero attached hydrogens (tertiary/aromatic N) is 2. The highest BCUT2D eigenvalue weighted by Crippen LogP contribution is 2.24. The van der Waals surface area contributed by atoms with E-state index in [0.29, 0.717) is 29.0 Å².